The van der Waals surface area contributed by atoms with Crippen LogP contribution in [0.2, 0.25) is 5.02 Å². The molecule has 0 heterocycles. The van der Waals surface area contributed by atoms with Gasteiger partial charge in [0.1, 0.15) is 0 Å². The molecule has 0 aliphatic carbocycles. The van der Waals surface area contributed by atoms with Crippen LogP contribution >= 0.6 is 11.6 Å². The van der Waals surface area contributed by atoms with Crippen molar-refractivity contribution in [1.82, 2.24) is 0 Å². The van der Waals surface area contributed by atoms with E-state index in [1.165, 1.54) is 6.07 Å². The van der Waals surface area contributed by atoms with Crippen LogP contribution in [0.3, 0.4) is 0 Å². The number of halogens is 1. The molecule has 1 aromatic carbocycles. The molecule has 0 unspecified atom stereocenters. The summed E-state index contributed by atoms with van der Waals surface area (Å²) in [5.41, 5.74) is 5.25. The minimum Gasteiger partial charge on any atom is -0.481 e. The molecule has 0 saturated carbocycles. The van der Waals surface area contributed by atoms with Crippen LogP contribution in [0.5, 0.6) is 0 Å². The lowest BCUT2D eigenvalue weighted by molar-refractivity contribution is -0.137. The quantitative estimate of drug-likeness (QED) is 0.764. The number of nitrogens with two attached hydrogens (primary N) is 1. The smallest absolute Gasteiger partial charge is 0.305 e. The van der Waals surface area contributed by atoms with Crippen molar-refractivity contribution in [3.05, 3.63) is 28.8 Å². The Morgan fingerprint density at radius 3 is 2.56 bits per heavy atom. The first-order chi connectivity index (χ1) is 8.21. The first kappa shape index (κ1) is 14.3. The van der Waals surface area contributed by atoms with Gasteiger partial charge in [0.2, 0.25) is 0 Å². The molecule has 5 nitrogen and oxygen atoms in total. The monoisotopic (exact) mass is 270 g/mol. The fourth-order valence-corrected chi connectivity index (χ4v) is 1.79. The lowest BCUT2D eigenvalue weighted by Gasteiger charge is -2.26. The molecule has 0 saturated heterocycles. The molecule has 1 amide bonds. The molecular weight excluding hydrogens is 256 g/mol. The summed E-state index contributed by atoms with van der Waals surface area (Å²) in [6.07, 6.45) is -0.0895. The molecule has 18 heavy (non-hydrogen) atoms. The van der Waals surface area contributed by atoms with Gasteiger partial charge in [-0.2, -0.15) is 0 Å². The van der Waals surface area contributed by atoms with Crippen LogP contribution in [-0.4, -0.2) is 22.5 Å². The second-order valence-electron chi connectivity index (χ2n) is 4.63. The number of rotatable bonds is 5. The van der Waals surface area contributed by atoms with Gasteiger partial charge in [0.15, 0.2) is 0 Å². The second kappa shape index (κ2) is 5.27. The molecular formula is C12H15ClN2O3. The fraction of sp³-hybridized carbons (Fsp3) is 0.333. The van der Waals surface area contributed by atoms with Gasteiger partial charge < -0.3 is 16.2 Å². The number of aliphatic carboxylic acids is 1. The van der Waals surface area contributed by atoms with Gasteiger partial charge in [0.05, 0.1) is 12.0 Å². The molecule has 98 valence electrons. The Morgan fingerprint density at radius 2 is 2.06 bits per heavy atom. The molecule has 0 aliphatic heterocycles. The Labute approximate surface area is 110 Å². The van der Waals surface area contributed by atoms with Crippen LogP contribution in [0, 0.1) is 0 Å². The number of primary amides is 1. The van der Waals surface area contributed by atoms with Crippen molar-refractivity contribution in [3.8, 4) is 0 Å². The largest absolute Gasteiger partial charge is 0.481 e. The highest BCUT2D eigenvalue weighted by atomic mass is 35.5. The van der Waals surface area contributed by atoms with E-state index in [0.717, 1.165) is 0 Å². The van der Waals surface area contributed by atoms with E-state index in [4.69, 9.17) is 22.4 Å². The summed E-state index contributed by atoms with van der Waals surface area (Å²) in [7, 11) is 0. The van der Waals surface area contributed by atoms with Crippen molar-refractivity contribution >= 4 is 29.2 Å². The average Bonchev–Trinajstić information content (AvgIpc) is 2.18. The van der Waals surface area contributed by atoms with Gasteiger partial charge >= 0.3 is 5.97 Å². The number of hydrogen-bond acceptors (Lipinski definition) is 3. The highest BCUT2D eigenvalue weighted by molar-refractivity contribution is 6.31. The Morgan fingerprint density at radius 1 is 1.44 bits per heavy atom. The zero-order valence-corrected chi connectivity index (χ0v) is 10.9. The summed E-state index contributed by atoms with van der Waals surface area (Å²) < 4.78 is 0. The summed E-state index contributed by atoms with van der Waals surface area (Å²) in [5, 5.41) is 12.2. The van der Waals surface area contributed by atoms with E-state index in [1.54, 1.807) is 26.0 Å². The molecule has 1 aromatic rings. The maximum atomic E-state index is 11.3. The highest BCUT2D eigenvalue weighted by Crippen LogP contribution is 2.24. The number of carbonyl (C=O) groups is 2. The van der Waals surface area contributed by atoms with Crippen molar-refractivity contribution < 1.29 is 14.7 Å². The molecule has 0 atom stereocenters. The molecule has 0 spiro atoms. The molecule has 6 heteroatoms. The summed E-state index contributed by atoms with van der Waals surface area (Å²) in [6, 6.07) is 4.66. The number of anilines is 1. The molecule has 0 aromatic heterocycles. The van der Waals surface area contributed by atoms with Crippen molar-refractivity contribution in [3.63, 3.8) is 0 Å². The predicted octanol–water partition coefficient (Wildman–Crippen LogP) is 2.10. The number of carbonyl (C=O) groups excluding carboxylic acids is 1. The van der Waals surface area contributed by atoms with Gasteiger partial charge in [-0.3, -0.25) is 9.59 Å². The molecule has 0 fully saturated rings. The Kier molecular flexibility index (Phi) is 4.19. The zero-order chi connectivity index (χ0) is 13.9. The van der Waals surface area contributed by atoms with E-state index in [2.05, 4.69) is 5.32 Å². The minimum absolute atomic E-state index is 0.0895. The normalized spacial score (nSPS) is 11.1. The van der Waals surface area contributed by atoms with Gasteiger partial charge in [-0.1, -0.05) is 11.6 Å². The van der Waals surface area contributed by atoms with Crippen LogP contribution in [-0.2, 0) is 4.79 Å². The average molecular weight is 271 g/mol. The SMILES string of the molecule is CC(C)(CC(=O)O)Nc1ccc(Cl)cc1C(N)=O. The standard InChI is InChI=1S/C12H15ClN2O3/c1-12(2,6-10(16)17)15-9-4-3-7(13)5-8(9)11(14)18/h3-5,15H,6H2,1-2H3,(H2,14,18)(H,16,17). The van der Waals surface area contributed by atoms with E-state index in [0.29, 0.717) is 10.7 Å². The third-order valence-corrected chi connectivity index (χ3v) is 2.55. The molecule has 0 radical (unpaired) electrons. The highest BCUT2D eigenvalue weighted by Gasteiger charge is 2.23. The maximum Gasteiger partial charge on any atom is 0.305 e. The van der Waals surface area contributed by atoms with E-state index < -0.39 is 17.4 Å². The van der Waals surface area contributed by atoms with Gasteiger partial charge in [0.25, 0.3) is 5.91 Å². The lowest BCUT2D eigenvalue weighted by Crippen LogP contribution is -2.34. The van der Waals surface area contributed by atoms with Crippen LogP contribution < -0.4 is 11.1 Å². The van der Waals surface area contributed by atoms with Crippen LogP contribution in [0.1, 0.15) is 30.6 Å². The number of carboxylic acid groups (broad SMARTS) is 1. The summed E-state index contributed by atoms with van der Waals surface area (Å²) in [5.74, 6) is -1.55. The summed E-state index contributed by atoms with van der Waals surface area (Å²) in [4.78, 5) is 22.0. The topological polar surface area (TPSA) is 92.4 Å². The first-order valence-corrected chi connectivity index (χ1v) is 5.68. The number of benzene rings is 1. The fourth-order valence-electron chi connectivity index (χ4n) is 1.62. The molecule has 0 bridgehead atoms. The number of hydrogen-bond donors (Lipinski definition) is 3. The van der Waals surface area contributed by atoms with Crippen LogP contribution in [0.4, 0.5) is 5.69 Å². The van der Waals surface area contributed by atoms with Crippen molar-refractivity contribution in [1.29, 1.82) is 0 Å². The Bertz CT molecular complexity index is 486. The zero-order valence-electron chi connectivity index (χ0n) is 10.2. The minimum atomic E-state index is -0.929. The summed E-state index contributed by atoms with van der Waals surface area (Å²) in [6.45, 7) is 3.45. The van der Waals surface area contributed by atoms with Gasteiger partial charge in [0, 0.05) is 16.2 Å². The van der Waals surface area contributed by atoms with Gasteiger partial charge in [-0.15, -0.1) is 0 Å². The van der Waals surface area contributed by atoms with E-state index in [1.807, 2.05) is 0 Å². The van der Waals surface area contributed by atoms with E-state index >= 15 is 0 Å². The number of nitrogens with one attached hydrogen (secondary N) is 1. The van der Waals surface area contributed by atoms with Crippen LogP contribution in [0.25, 0.3) is 0 Å². The number of carboxylic acids is 1. The molecule has 1 rings (SSSR count). The first-order valence-electron chi connectivity index (χ1n) is 5.30. The third kappa shape index (κ3) is 3.92. The predicted molar refractivity (Wildman–Crippen MR) is 69.9 cm³/mol. The summed E-state index contributed by atoms with van der Waals surface area (Å²) >= 11 is 5.79. The van der Waals surface area contributed by atoms with Crippen molar-refractivity contribution in [2.45, 2.75) is 25.8 Å². The van der Waals surface area contributed by atoms with E-state index in [9.17, 15) is 9.59 Å². The number of amides is 1. The van der Waals surface area contributed by atoms with Crippen LogP contribution in [0.15, 0.2) is 18.2 Å². The maximum absolute atomic E-state index is 11.3. The molecule has 0 aliphatic rings. The Hall–Kier alpha value is -1.75. The third-order valence-electron chi connectivity index (χ3n) is 2.31. The van der Waals surface area contributed by atoms with Crippen molar-refractivity contribution in [2.24, 2.45) is 5.73 Å². The van der Waals surface area contributed by atoms with E-state index in [-0.39, 0.29) is 12.0 Å². The van der Waals surface area contributed by atoms with Gasteiger partial charge in [-0.25, -0.2) is 0 Å². The van der Waals surface area contributed by atoms with Crippen molar-refractivity contribution in [2.75, 3.05) is 5.32 Å². The Balaban J connectivity index is 3.03. The lowest BCUT2D eigenvalue weighted by atomic mass is 9.99. The van der Waals surface area contributed by atoms with Gasteiger partial charge in [-0.05, 0) is 32.0 Å². The molecule has 4 N–H and O–H groups in total. The second-order valence-corrected chi connectivity index (χ2v) is 5.07.